The van der Waals surface area contributed by atoms with Gasteiger partial charge in [-0.05, 0) is 37.6 Å². The highest BCUT2D eigenvalue weighted by molar-refractivity contribution is 7.91. The van der Waals surface area contributed by atoms with Crippen LogP contribution in [0.4, 0.5) is 5.69 Å². The lowest BCUT2D eigenvalue weighted by atomic mass is 10.2. The molecule has 1 saturated heterocycles. The molecule has 1 unspecified atom stereocenters. The Morgan fingerprint density at radius 3 is 2.73 bits per heavy atom. The Morgan fingerprint density at radius 2 is 2.18 bits per heavy atom. The minimum Gasteiger partial charge on any atom is -0.325 e. The summed E-state index contributed by atoms with van der Waals surface area (Å²) in [5.41, 5.74) is 1.60. The van der Waals surface area contributed by atoms with Gasteiger partial charge in [0.05, 0.1) is 18.1 Å². The van der Waals surface area contributed by atoms with Crippen molar-refractivity contribution in [1.29, 1.82) is 0 Å². The van der Waals surface area contributed by atoms with Crippen LogP contribution in [-0.4, -0.2) is 49.9 Å². The first-order chi connectivity index (χ1) is 10.3. The number of carbonyl (C=O) groups excluding carboxylic acids is 1. The van der Waals surface area contributed by atoms with Crippen molar-refractivity contribution in [3.8, 4) is 0 Å². The number of anilines is 1. The van der Waals surface area contributed by atoms with Crippen LogP contribution in [0, 0.1) is 6.92 Å². The van der Waals surface area contributed by atoms with Crippen LogP contribution in [-0.2, 0) is 14.6 Å². The summed E-state index contributed by atoms with van der Waals surface area (Å²) in [4.78, 5) is 14.1. The van der Waals surface area contributed by atoms with Gasteiger partial charge in [0.2, 0.25) is 5.91 Å². The Balaban J connectivity index is 1.96. The predicted octanol–water partition coefficient (Wildman–Crippen LogP) is 2.10. The summed E-state index contributed by atoms with van der Waals surface area (Å²) in [6.45, 7) is 4.65. The van der Waals surface area contributed by atoms with E-state index in [4.69, 9.17) is 11.6 Å². The van der Waals surface area contributed by atoms with Gasteiger partial charge in [-0.1, -0.05) is 24.6 Å². The molecule has 0 bridgehead atoms. The zero-order valence-electron chi connectivity index (χ0n) is 12.8. The summed E-state index contributed by atoms with van der Waals surface area (Å²) in [5, 5.41) is 3.41. The van der Waals surface area contributed by atoms with Crippen LogP contribution in [0.15, 0.2) is 18.2 Å². The maximum absolute atomic E-state index is 12.2. The number of nitrogens with one attached hydrogen (secondary N) is 1. The third-order valence-electron chi connectivity index (χ3n) is 3.93. The van der Waals surface area contributed by atoms with Gasteiger partial charge in [0, 0.05) is 16.8 Å². The molecule has 1 aromatic carbocycles. The number of aryl methyl sites for hydroxylation is 1. The van der Waals surface area contributed by atoms with Crippen LogP contribution in [0.2, 0.25) is 5.02 Å². The van der Waals surface area contributed by atoms with Crippen LogP contribution < -0.4 is 5.32 Å². The number of halogens is 1. The zero-order chi connectivity index (χ0) is 16.3. The highest BCUT2D eigenvalue weighted by atomic mass is 35.5. The molecule has 1 heterocycles. The fraction of sp³-hybridized carbons (Fsp3) is 0.533. The first-order valence-electron chi connectivity index (χ1n) is 7.31. The first-order valence-corrected chi connectivity index (χ1v) is 9.51. The molecule has 2 rings (SSSR count). The minimum absolute atomic E-state index is 0.0673. The number of carbonyl (C=O) groups is 1. The Morgan fingerprint density at radius 1 is 1.45 bits per heavy atom. The quantitative estimate of drug-likeness (QED) is 0.888. The summed E-state index contributed by atoms with van der Waals surface area (Å²) in [5.74, 6) is 0.194. The lowest BCUT2D eigenvalue weighted by Crippen LogP contribution is -2.41. The molecule has 7 heteroatoms. The SMILES string of the molecule is CCN(CC(=O)Nc1ccc(C)c(Cl)c1)C1CCS(=O)(=O)C1. The highest BCUT2D eigenvalue weighted by Gasteiger charge is 2.32. The number of hydrogen-bond donors (Lipinski definition) is 1. The number of nitrogens with zero attached hydrogens (tertiary/aromatic N) is 1. The third kappa shape index (κ3) is 4.44. The van der Waals surface area contributed by atoms with Crippen molar-refractivity contribution in [2.24, 2.45) is 0 Å². The molecule has 122 valence electrons. The van der Waals surface area contributed by atoms with Gasteiger partial charge in [-0.2, -0.15) is 0 Å². The lowest BCUT2D eigenvalue weighted by molar-refractivity contribution is -0.117. The third-order valence-corrected chi connectivity index (χ3v) is 6.09. The Kier molecular flexibility index (Phi) is 5.47. The van der Waals surface area contributed by atoms with E-state index >= 15 is 0 Å². The van der Waals surface area contributed by atoms with Gasteiger partial charge < -0.3 is 5.32 Å². The summed E-state index contributed by atoms with van der Waals surface area (Å²) in [6, 6.07) is 5.29. The highest BCUT2D eigenvalue weighted by Crippen LogP contribution is 2.20. The van der Waals surface area contributed by atoms with Gasteiger partial charge in [-0.3, -0.25) is 9.69 Å². The van der Waals surface area contributed by atoms with Crippen LogP contribution in [0.1, 0.15) is 18.9 Å². The molecule has 22 heavy (non-hydrogen) atoms. The van der Waals surface area contributed by atoms with Crippen LogP contribution in [0.5, 0.6) is 0 Å². The van der Waals surface area contributed by atoms with Crippen molar-refractivity contribution in [1.82, 2.24) is 4.90 Å². The normalized spacial score (nSPS) is 20.3. The molecule has 1 N–H and O–H groups in total. The fourth-order valence-corrected chi connectivity index (χ4v) is 4.56. The van der Waals surface area contributed by atoms with Crippen molar-refractivity contribution in [3.05, 3.63) is 28.8 Å². The van der Waals surface area contributed by atoms with Crippen LogP contribution >= 0.6 is 11.6 Å². The monoisotopic (exact) mass is 344 g/mol. The number of sulfone groups is 1. The summed E-state index contributed by atoms with van der Waals surface area (Å²) >= 11 is 6.04. The topological polar surface area (TPSA) is 66.5 Å². The fourth-order valence-electron chi connectivity index (χ4n) is 2.62. The minimum atomic E-state index is -2.95. The van der Waals surface area contributed by atoms with Crippen LogP contribution in [0.25, 0.3) is 0 Å². The predicted molar refractivity (Wildman–Crippen MR) is 89.1 cm³/mol. The molecule has 1 aromatic rings. The largest absolute Gasteiger partial charge is 0.325 e. The maximum Gasteiger partial charge on any atom is 0.238 e. The Bertz CT molecular complexity index is 661. The summed E-state index contributed by atoms with van der Waals surface area (Å²) < 4.78 is 23.1. The molecule has 1 aliphatic rings. The van der Waals surface area contributed by atoms with Gasteiger partial charge in [0.15, 0.2) is 9.84 Å². The van der Waals surface area contributed by atoms with Gasteiger partial charge in [-0.25, -0.2) is 8.42 Å². The Labute approximate surface area is 136 Å². The van der Waals surface area contributed by atoms with Crippen molar-refractivity contribution < 1.29 is 13.2 Å². The number of likely N-dealkylation sites (N-methyl/N-ethyl adjacent to an activating group) is 1. The molecule has 0 spiro atoms. The van der Waals surface area contributed by atoms with E-state index in [-0.39, 0.29) is 30.0 Å². The zero-order valence-corrected chi connectivity index (χ0v) is 14.4. The van der Waals surface area contributed by atoms with Crippen LogP contribution in [0.3, 0.4) is 0 Å². The number of hydrogen-bond acceptors (Lipinski definition) is 4. The van der Waals surface area contributed by atoms with E-state index in [0.717, 1.165) is 5.56 Å². The molecule has 5 nitrogen and oxygen atoms in total. The molecular formula is C15H21ClN2O3S. The van der Waals surface area contributed by atoms with Gasteiger partial charge in [-0.15, -0.1) is 0 Å². The summed E-state index contributed by atoms with van der Waals surface area (Å²) in [6.07, 6.45) is 0.597. The molecule has 0 aliphatic carbocycles. The van der Waals surface area contributed by atoms with Crippen molar-refractivity contribution in [2.75, 3.05) is 29.9 Å². The molecule has 1 atom stereocenters. The van der Waals surface area contributed by atoms with E-state index in [0.29, 0.717) is 23.7 Å². The molecule has 1 aliphatic heterocycles. The van der Waals surface area contributed by atoms with E-state index in [1.54, 1.807) is 12.1 Å². The van der Waals surface area contributed by atoms with Crippen molar-refractivity contribution in [3.63, 3.8) is 0 Å². The van der Waals surface area contributed by atoms with Gasteiger partial charge in [0.25, 0.3) is 0 Å². The van der Waals surface area contributed by atoms with Crippen molar-refractivity contribution >= 4 is 33.0 Å². The molecule has 1 amide bonds. The maximum atomic E-state index is 12.2. The molecule has 0 saturated carbocycles. The van der Waals surface area contributed by atoms with Gasteiger partial charge in [0.1, 0.15) is 0 Å². The molecule has 0 radical (unpaired) electrons. The van der Waals surface area contributed by atoms with Gasteiger partial charge >= 0.3 is 0 Å². The molecular weight excluding hydrogens is 324 g/mol. The van der Waals surface area contributed by atoms with E-state index in [9.17, 15) is 13.2 Å². The standard InChI is InChI=1S/C15H21ClN2O3S/c1-3-18(13-6-7-22(20,21)10-13)9-15(19)17-12-5-4-11(2)14(16)8-12/h4-5,8,13H,3,6-7,9-10H2,1-2H3,(H,17,19). The molecule has 0 aromatic heterocycles. The second-order valence-electron chi connectivity index (χ2n) is 5.63. The average Bonchev–Trinajstić information content (AvgIpc) is 2.80. The van der Waals surface area contributed by atoms with E-state index < -0.39 is 9.84 Å². The Hall–Kier alpha value is -1.11. The number of benzene rings is 1. The second-order valence-corrected chi connectivity index (χ2v) is 8.27. The number of rotatable bonds is 5. The number of amides is 1. The smallest absolute Gasteiger partial charge is 0.238 e. The second kappa shape index (κ2) is 6.98. The van der Waals surface area contributed by atoms with E-state index in [1.165, 1.54) is 0 Å². The molecule has 1 fully saturated rings. The lowest BCUT2D eigenvalue weighted by Gasteiger charge is -2.25. The summed E-state index contributed by atoms with van der Waals surface area (Å²) in [7, 11) is -2.95. The average molecular weight is 345 g/mol. The van der Waals surface area contributed by atoms with Crippen molar-refractivity contribution in [2.45, 2.75) is 26.3 Å². The van der Waals surface area contributed by atoms with E-state index in [2.05, 4.69) is 5.32 Å². The van der Waals surface area contributed by atoms with E-state index in [1.807, 2.05) is 24.8 Å². The first kappa shape index (κ1) is 17.2.